The summed E-state index contributed by atoms with van der Waals surface area (Å²) in [6.45, 7) is 5.93. The highest BCUT2D eigenvalue weighted by atomic mass is 16.5. The van der Waals surface area contributed by atoms with E-state index in [4.69, 9.17) is 10.00 Å². The summed E-state index contributed by atoms with van der Waals surface area (Å²) in [6.07, 6.45) is 0.732. The molecule has 1 rings (SSSR count). The van der Waals surface area contributed by atoms with Crippen molar-refractivity contribution in [1.29, 1.82) is 5.26 Å². The number of ether oxygens (including phenoxy) is 1. The first-order valence-corrected chi connectivity index (χ1v) is 6.30. The molecule has 0 saturated carbocycles. The molecule has 1 heterocycles. The fraction of sp³-hybridized carbons (Fsp3) is 0.500. The smallest absolute Gasteiger partial charge is 0.326 e. The molecule has 102 valence electrons. The number of esters is 1. The second-order valence-electron chi connectivity index (χ2n) is 4.55. The SMILES string of the molecule is CCCOC(=O)Cn1c(C(C)C)ccc(C#N)c1=O. The molecule has 5 nitrogen and oxygen atoms in total. The van der Waals surface area contributed by atoms with E-state index in [0.717, 1.165) is 12.1 Å². The van der Waals surface area contributed by atoms with Gasteiger partial charge in [-0.3, -0.25) is 9.59 Å². The van der Waals surface area contributed by atoms with E-state index in [1.165, 1.54) is 10.6 Å². The Labute approximate surface area is 112 Å². The minimum Gasteiger partial charge on any atom is -0.464 e. The molecule has 0 aliphatic carbocycles. The predicted molar refractivity (Wildman–Crippen MR) is 70.8 cm³/mol. The summed E-state index contributed by atoms with van der Waals surface area (Å²) in [7, 11) is 0. The standard InChI is InChI=1S/C14H18N2O3/c1-4-7-19-13(17)9-16-12(10(2)3)6-5-11(8-15)14(16)18/h5-6,10H,4,7,9H2,1-3H3. The van der Waals surface area contributed by atoms with E-state index >= 15 is 0 Å². The highest BCUT2D eigenvalue weighted by Crippen LogP contribution is 2.13. The van der Waals surface area contributed by atoms with Crippen LogP contribution in [0.4, 0.5) is 0 Å². The number of aromatic nitrogens is 1. The van der Waals surface area contributed by atoms with Crippen LogP contribution in [0.15, 0.2) is 16.9 Å². The highest BCUT2D eigenvalue weighted by molar-refractivity contribution is 5.69. The lowest BCUT2D eigenvalue weighted by atomic mass is 10.1. The molecule has 0 bridgehead atoms. The summed E-state index contributed by atoms with van der Waals surface area (Å²) in [6, 6.07) is 5.03. The molecule has 0 spiro atoms. The van der Waals surface area contributed by atoms with Gasteiger partial charge >= 0.3 is 5.97 Å². The van der Waals surface area contributed by atoms with Gasteiger partial charge in [0.15, 0.2) is 0 Å². The van der Waals surface area contributed by atoms with Crippen LogP contribution in [0.2, 0.25) is 0 Å². The average Bonchev–Trinajstić information content (AvgIpc) is 2.38. The molecule has 19 heavy (non-hydrogen) atoms. The van der Waals surface area contributed by atoms with Gasteiger partial charge in [-0.05, 0) is 24.5 Å². The number of hydrogen-bond acceptors (Lipinski definition) is 4. The van der Waals surface area contributed by atoms with Gasteiger partial charge in [-0.15, -0.1) is 0 Å². The maximum atomic E-state index is 12.1. The molecule has 5 heteroatoms. The molecule has 0 atom stereocenters. The van der Waals surface area contributed by atoms with Crippen LogP contribution in [0, 0.1) is 11.3 Å². The van der Waals surface area contributed by atoms with Gasteiger partial charge in [-0.25, -0.2) is 0 Å². The van der Waals surface area contributed by atoms with E-state index in [9.17, 15) is 9.59 Å². The van der Waals surface area contributed by atoms with Crippen molar-refractivity contribution in [2.45, 2.75) is 39.7 Å². The lowest BCUT2D eigenvalue weighted by Crippen LogP contribution is -2.30. The van der Waals surface area contributed by atoms with E-state index in [2.05, 4.69) is 0 Å². The molecule has 0 aliphatic rings. The van der Waals surface area contributed by atoms with Crippen molar-refractivity contribution in [2.24, 2.45) is 0 Å². The van der Waals surface area contributed by atoms with Crippen molar-refractivity contribution in [3.8, 4) is 6.07 Å². The largest absolute Gasteiger partial charge is 0.464 e. The van der Waals surface area contributed by atoms with E-state index < -0.39 is 11.5 Å². The van der Waals surface area contributed by atoms with Crippen LogP contribution >= 0.6 is 0 Å². The van der Waals surface area contributed by atoms with Crippen molar-refractivity contribution < 1.29 is 9.53 Å². The lowest BCUT2D eigenvalue weighted by molar-refractivity contribution is -0.144. The molecule has 0 saturated heterocycles. The Morgan fingerprint density at radius 2 is 2.16 bits per heavy atom. The second-order valence-corrected chi connectivity index (χ2v) is 4.55. The third-order valence-electron chi connectivity index (χ3n) is 2.67. The van der Waals surface area contributed by atoms with Gasteiger partial charge in [-0.1, -0.05) is 20.8 Å². The Bertz CT molecular complexity index is 553. The van der Waals surface area contributed by atoms with Crippen LogP contribution in [0.25, 0.3) is 0 Å². The van der Waals surface area contributed by atoms with Gasteiger partial charge in [0, 0.05) is 5.69 Å². The number of pyridine rings is 1. The van der Waals surface area contributed by atoms with Crippen molar-refractivity contribution in [2.75, 3.05) is 6.61 Å². The Morgan fingerprint density at radius 1 is 1.47 bits per heavy atom. The van der Waals surface area contributed by atoms with E-state index in [1.54, 1.807) is 6.07 Å². The molecule has 0 amide bonds. The second kappa shape index (κ2) is 6.74. The quantitative estimate of drug-likeness (QED) is 0.758. The molecule has 0 aromatic carbocycles. The molecule has 0 N–H and O–H groups in total. The van der Waals surface area contributed by atoms with Crippen molar-refractivity contribution in [3.63, 3.8) is 0 Å². The fourth-order valence-corrected chi connectivity index (χ4v) is 1.74. The van der Waals surface area contributed by atoms with Gasteiger partial charge in [-0.2, -0.15) is 5.26 Å². The highest BCUT2D eigenvalue weighted by Gasteiger charge is 2.14. The summed E-state index contributed by atoms with van der Waals surface area (Å²) in [4.78, 5) is 23.7. The molecule has 1 aromatic heterocycles. The zero-order valence-corrected chi connectivity index (χ0v) is 11.5. The maximum Gasteiger partial charge on any atom is 0.326 e. The predicted octanol–water partition coefficient (Wildman–Crippen LogP) is 1.80. The lowest BCUT2D eigenvalue weighted by Gasteiger charge is -2.15. The molecule has 0 radical (unpaired) electrons. The number of carbonyl (C=O) groups is 1. The van der Waals surface area contributed by atoms with Crippen LogP contribution in [-0.4, -0.2) is 17.1 Å². The zero-order valence-electron chi connectivity index (χ0n) is 11.5. The van der Waals surface area contributed by atoms with Gasteiger partial charge < -0.3 is 9.30 Å². The Hall–Kier alpha value is -2.09. The van der Waals surface area contributed by atoms with Gasteiger partial charge in [0.25, 0.3) is 5.56 Å². The van der Waals surface area contributed by atoms with Crippen LogP contribution in [0.1, 0.15) is 44.4 Å². The summed E-state index contributed by atoms with van der Waals surface area (Å²) in [5, 5.41) is 8.87. The fourth-order valence-electron chi connectivity index (χ4n) is 1.74. The minimum atomic E-state index is -0.457. The Morgan fingerprint density at radius 3 is 2.68 bits per heavy atom. The third kappa shape index (κ3) is 3.68. The third-order valence-corrected chi connectivity index (χ3v) is 2.67. The first-order valence-electron chi connectivity index (χ1n) is 6.30. The van der Waals surface area contributed by atoms with Crippen molar-refractivity contribution >= 4 is 5.97 Å². The number of nitrogens with zero attached hydrogens (tertiary/aromatic N) is 2. The van der Waals surface area contributed by atoms with Crippen LogP contribution in [0.5, 0.6) is 0 Å². The number of rotatable bonds is 5. The Balaban J connectivity index is 3.13. The maximum absolute atomic E-state index is 12.1. The van der Waals surface area contributed by atoms with Gasteiger partial charge in [0.05, 0.1) is 6.61 Å². The Kier molecular flexibility index (Phi) is 5.31. The number of hydrogen-bond donors (Lipinski definition) is 0. The van der Waals surface area contributed by atoms with Crippen LogP contribution in [0.3, 0.4) is 0 Å². The zero-order chi connectivity index (χ0) is 14.4. The molecule has 0 fully saturated rings. The first-order chi connectivity index (χ1) is 9.01. The monoisotopic (exact) mass is 262 g/mol. The van der Waals surface area contributed by atoms with Crippen molar-refractivity contribution in [3.05, 3.63) is 33.7 Å². The van der Waals surface area contributed by atoms with E-state index in [0.29, 0.717) is 6.61 Å². The minimum absolute atomic E-state index is 0.0349. The topological polar surface area (TPSA) is 72.1 Å². The molecular formula is C14H18N2O3. The van der Waals surface area contributed by atoms with E-state index in [-0.39, 0.29) is 18.0 Å². The number of carbonyl (C=O) groups excluding carboxylic acids is 1. The summed E-state index contributed by atoms with van der Waals surface area (Å²) in [5.74, 6) is -0.375. The summed E-state index contributed by atoms with van der Waals surface area (Å²) >= 11 is 0. The first kappa shape index (κ1) is 15.0. The molecule has 1 aromatic rings. The van der Waals surface area contributed by atoms with Crippen LogP contribution in [-0.2, 0) is 16.1 Å². The van der Waals surface area contributed by atoms with Crippen molar-refractivity contribution in [1.82, 2.24) is 4.57 Å². The molecule has 0 aliphatic heterocycles. The van der Waals surface area contributed by atoms with Crippen LogP contribution < -0.4 is 5.56 Å². The van der Waals surface area contributed by atoms with Gasteiger partial charge in [0.2, 0.25) is 0 Å². The molecular weight excluding hydrogens is 244 g/mol. The number of nitriles is 1. The average molecular weight is 262 g/mol. The summed E-state index contributed by atoms with van der Waals surface area (Å²) in [5.41, 5.74) is 0.312. The van der Waals surface area contributed by atoms with Gasteiger partial charge in [0.1, 0.15) is 18.2 Å². The normalized spacial score (nSPS) is 10.3. The molecule has 0 unspecified atom stereocenters. The summed E-state index contributed by atoms with van der Waals surface area (Å²) < 4.78 is 6.30. The van der Waals surface area contributed by atoms with E-state index in [1.807, 2.05) is 26.8 Å².